The molecule has 1 N–H and O–H groups in total. The fourth-order valence-corrected chi connectivity index (χ4v) is 4.21. The quantitative estimate of drug-likeness (QED) is 0.309. The average Bonchev–Trinajstić information content (AvgIpc) is 3.06. The molecule has 1 atom stereocenters. The number of hydrogen-bond donors (Lipinski definition) is 1. The predicted molar refractivity (Wildman–Crippen MR) is 119 cm³/mol. The number of likely N-dealkylation sites (tertiary alicyclic amines) is 1. The molecule has 0 spiro atoms. The van der Waals surface area contributed by atoms with E-state index < -0.39 is 17.7 Å². The van der Waals surface area contributed by atoms with Crippen molar-refractivity contribution < 1.29 is 24.2 Å². The maximum Gasteiger partial charge on any atom is 0.295 e. The minimum atomic E-state index is -0.699. The predicted octanol–water partition coefficient (Wildman–Crippen LogP) is 3.64. The van der Waals surface area contributed by atoms with Crippen molar-refractivity contribution in [2.24, 2.45) is 0 Å². The summed E-state index contributed by atoms with van der Waals surface area (Å²) in [5, 5.41) is 11.2. The molecule has 2 aliphatic heterocycles. The van der Waals surface area contributed by atoms with Crippen LogP contribution in [0.1, 0.15) is 49.4 Å². The van der Waals surface area contributed by atoms with Crippen LogP contribution in [0.2, 0.25) is 0 Å². The van der Waals surface area contributed by atoms with Gasteiger partial charge in [-0.2, -0.15) is 0 Å². The first-order chi connectivity index (χ1) is 15.5. The van der Waals surface area contributed by atoms with Crippen molar-refractivity contribution in [3.63, 3.8) is 0 Å². The van der Waals surface area contributed by atoms with E-state index in [1.54, 1.807) is 24.5 Å². The van der Waals surface area contributed by atoms with Crippen LogP contribution in [0.5, 0.6) is 5.75 Å². The van der Waals surface area contributed by atoms with E-state index in [2.05, 4.69) is 4.98 Å². The van der Waals surface area contributed by atoms with Crippen molar-refractivity contribution >= 4 is 17.4 Å². The van der Waals surface area contributed by atoms with E-state index in [9.17, 15) is 14.7 Å². The molecule has 0 bridgehead atoms. The van der Waals surface area contributed by atoms with Gasteiger partial charge in [-0.25, -0.2) is 0 Å². The summed E-state index contributed by atoms with van der Waals surface area (Å²) in [5.41, 5.74) is 2.26. The number of aliphatic hydroxyl groups excluding tert-OH is 1. The third kappa shape index (κ3) is 4.39. The van der Waals surface area contributed by atoms with Crippen LogP contribution in [0.3, 0.4) is 0 Å². The molecule has 1 amide bonds. The molecule has 1 unspecified atom stereocenters. The van der Waals surface area contributed by atoms with Gasteiger partial charge in [0.05, 0.1) is 24.3 Å². The SMILES string of the molecule is CC(C)OCCCN1C(=O)C(=O)/C(=C(\O)c2ccc3c(c2)CCCO3)C1c1cccnc1. The largest absolute Gasteiger partial charge is 0.507 e. The highest BCUT2D eigenvalue weighted by Crippen LogP contribution is 2.40. The monoisotopic (exact) mass is 436 g/mol. The molecule has 2 aliphatic rings. The second-order valence-corrected chi connectivity index (χ2v) is 8.33. The van der Waals surface area contributed by atoms with Crippen molar-refractivity contribution in [3.05, 3.63) is 65.0 Å². The molecule has 1 saturated heterocycles. The molecule has 1 aromatic carbocycles. The zero-order chi connectivity index (χ0) is 22.7. The summed E-state index contributed by atoms with van der Waals surface area (Å²) in [5.74, 6) is -0.685. The van der Waals surface area contributed by atoms with Crippen LogP contribution in [0.25, 0.3) is 5.76 Å². The summed E-state index contributed by atoms with van der Waals surface area (Å²) in [6, 6.07) is 8.25. The molecule has 1 fully saturated rings. The van der Waals surface area contributed by atoms with E-state index in [1.165, 1.54) is 4.90 Å². The molecule has 0 radical (unpaired) electrons. The minimum Gasteiger partial charge on any atom is -0.507 e. The molecule has 0 saturated carbocycles. The summed E-state index contributed by atoms with van der Waals surface area (Å²) in [6.07, 6.45) is 5.67. The third-order valence-corrected chi connectivity index (χ3v) is 5.72. The zero-order valence-corrected chi connectivity index (χ0v) is 18.4. The van der Waals surface area contributed by atoms with Crippen molar-refractivity contribution in [2.45, 2.75) is 45.3 Å². The van der Waals surface area contributed by atoms with E-state index in [1.807, 2.05) is 32.0 Å². The van der Waals surface area contributed by atoms with Crippen molar-refractivity contribution in [1.82, 2.24) is 9.88 Å². The number of ether oxygens (including phenoxy) is 2. The van der Waals surface area contributed by atoms with E-state index >= 15 is 0 Å². The lowest BCUT2D eigenvalue weighted by molar-refractivity contribution is -0.140. The zero-order valence-electron chi connectivity index (χ0n) is 18.4. The number of carbonyl (C=O) groups is 2. The molecule has 168 valence electrons. The van der Waals surface area contributed by atoms with Crippen LogP contribution in [0.4, 0.5) is 0 Å². The highest BCUT2D eigenvalue weighted by Gasteiger charge is 2.46. The molecule has 7 nitrogen and oxygen atoms in total. The molecular formula is C25H28N2O5. The van der Waals surface area contributed by atoms with Gasteiger partial charge < -0.3 is 19.5 Å². The molecule has 1 aromatic heterocycles. The molecule has 32 heavy (non-hydrogen) atoms. The van der Waals surface area contributed by atoms with E-state index in [4.69, 9.17) is 9.47 Å². The van der Waals surface area contributed by atoms with Crippen LogP contribution < -0.4 is 4.74 Å². The van der Waals surface area contributed by atoms with Gasteiger partial charge in [0.15, 0.2) is 0 Å². The highest BCUT2D eigenvalue weighted by molar-refractivity contribution is 6.46. The Labute approximate surface area is 187 Å². The van der Waals surface area contributed by atoms with Gasteiger partial charge in [-0.1, -0.05) is 6.07 Å². The Morgan fingerprint density at radius 1 is 1.31 bits per heavy atom. The Morgan fingerprint density at radius 2 is 2.16 bits per heavy atom. The van der Waals surface area contributed by atoms with Gasteiger partial charge in [-0.05, 0) is 68.5 Å². The fourth-order valence-electron chi connectivity index (χ4n) is 4.21. The summed E-state index contributed by atoms with van der Waals surface area (Å²) in [7, 11) is 0. The average molecular weight is 437 g/mol. The highest BCUT2D eigenvalue weighted by atomic mass is 16.5. The second kappa shape index (κ2) is 9.53. The summed E-state index contributed by atoms with van der Waals surface area (Å²) in [4.78, 5) is 31.7. The van der Waals surface area contributed by atoms with Crippen LogP contribution in [0.15, 0.2) is 48.3 Å². The summed E-state index contributed by atoms with van der Waals surface area (Å²) in [6.45, 7) is 5.39. The normalized spacial score (nSPS) is 19.8. The number of benzene rings is 1. The number of aromatic nitrogens is 1. The molecule has 3 heterocycles. The Hall–Kier alpha value is -3.19. The Morgan fingerprint density at radius 3 is 2.91 bits per heavy atom. The Bertz CT molecular complexity index is 1030. The van der Waals surface area contributed by atoms with Gasteiger partial charge in [0.1, 0.15) is 11.5 Å². The number of rotatable bonds is 7. The molecule has 2 aromatic rings. The number of aliphatic hydroxyl groups is 1. The topological polar surface area (TPSA) is 89.0 Å². The summed E-state index contributed by atoms with van der Waals surface area (Å²) >= 11 is 0. The van der Waals surface area contributed by atoms with Crippen LogP contribution >= 0.6 is 0 Å². The van der Waals surface area contributed by atoms with Gasteiger partial charge in [0.25, 0.3) is 11.7 Å². The first-order valence-corrected chi connectivity index (χ1v) is 11.0. The van der Waals surface area contributed by atoms with Crippen LogP contribution in [-0.2, 0) is 20.7 Å². The second-order valence-electron chi connectivity index (χ2n) is 8.33. The lowest BCUT2D eigenvalue weighted by Crippen LogP contribution is -2.31. The molecule has 0 aliphatic carbocycles. The standard InChI is InChI=1S/C25H28N2O5/c1-16(2)31-13-5-11-27-22(19-6-3-10-26-15-19)21(24(29)25(27)30)23(28)18-8-9-20-17(14-18)7-4-12-32-20/h3,6,8-10,14-16,22,28H,4-5,7,11-13H2,1-2H3/b23-21-. The van der Waals surface area contributed by atoms with Crippen LogP contribution in [-0.4, -0.2) is 52.5 Å². The Balaban J connectivity index is 1.72. The van der Waals surface area contributed by atoms with Gasteiger partial charge in [0.2, 0.25) is 0 Å². The van der Waals surface area contributed by atoms with Crippen LogP contribution in [0, 0.1) is 0 Å². The van der Waals surface area contributed by atoms with Crippen molar-refractivity contribution in [1.29, 1.82) is 0 Å². The number of carbonyl (C=O) groups excluding carboxylic acids is 2. The number of amides is 1. The Kier molecular flexibility index (Phi) is 6.55. The van der Waals surface area contributed by atoms with E-state index in [0.717, 1.165) is 24.2 Å². The third-order valence-electron chi connectivity index (χ3n) is 5.72. The van der Waals surface area contributed by atoms with Gasteiger partial charge in [0, 0.05) is 31.1 Å². The minimum absolute atomic E-state index is 0.0875. The molecular weight excluding hydrogens is 408 g/mol. The van der Waals surface area contributed by atoms with E-state index in [0.29, 0.717) is 37.3 Å². The number of fused-ring (bicyclic) bond motifs is 1. The lowest BCUT2D eigenvalue weighted by Gasteiger charge is -2.25. The number of hydrogen-bond acceptors (Lipinski definition) is 6. The fraction of sp³-hybridized carbons (Fsp3) is 0.400. The number of nitrogens with zero attached hydrogens (tertiary/aromatic N) is 2. The molecule has 7 heteroatoms. The number of Topliss-reactive ketones (excluding diaryl/α,β-unsaturated/α-hetero) is 1. The van der Waals surface area contributed by atoms with Crippen molar-refractivity contribution in [3.8, 4) is 5.75 Å². The van der Waals surface area contributed by atoms with E-state index in [-0.39, 0.29) is 17.4 Å². The smallest absolute Gasteiger partial charge is 0.295 e. The first-order valence-electron chi connectivity index (χ1n) is 11.0. The lowest BCUT2D eigenvalue weighted by atomic mass is 9.94. The molecule has 4 rings (SSSR count). The maximum atomic E-state index is 13.1. The summed E-state index contributed by atoms with van der Waals surface area (Å²) < 4.78 is 11.2. The van der Waals surface area contributed by atoms with Gasteiger partial charge in [-0.15, -0.1) is 0 Å². The van der Waals surface area contributed by atoms with Crippen molar-refractivity contribution in [2.75, 3.05) is 19.8 Å². The first kappa shape index (κ1) is 22.0. The number of ketones is 1. The maximum absolute atomic E-state index is 13.1. The van der Waals surface area contributed by atoms with Gasteiger partial charge >= 0.3 is 0 Å². The van der Waals surface area contributed by atoms with Gasteiger partial charge in [-0.3, -0.25) is 14.6 Å². The number of pyridine rings is 1. The number of aryl methyl sites for hydroxylation is 1.